The van der Waals surface area contributed by atoms with Crippen molar-refractivity contribution in [3.63, 3.8) is 0 Å². The molecule has 1 fully saturated rings. The Morgan fingerprint density at radius 2 is 2.02 bits per heavy atom. The standard InChI is InChI=1S/C32H44FN3O4S/c1-4-22-8-7-9-24(18-22)32(14-15-32)34-21-28(37)26-20-23-11-12-29(25(33)19-23)40-16-6-5-10-30(38)36(2)27(13-17-41-3)31(39)35-26/h7-9,11-12,18-19,26-28,34,37H,4-6,10,13-17,20-21H2,1-3H3,(H,35,39)/t26-,27-,28+/m0/s1. The van der Waals surface area contributed by atoms with Gasteiger partial charge in [-0.25, -0.2) is 4.39 Å². The third kappa shape index (κ3) is 8.23. The molecule has 0 spiro atoms. The van der Waals surface area contributed by atoms with Gasteiger partial charge < -0.3 is 25.4 Å². The van der Waals surface area contributed by atoms with Gasteiger partial charge in [0.2, 0.25) is 11.8 Å². The summed E-state index contributed by atoms with van der Waals surface area (Å²) in [4.78, 5) is 28.2. The summed E-state index contributed by atoms with van der Waals surface area (Å²) >= 11 is 1.62. The first-order valence-corrected chi connectivity index (χ1v) is 16.1. The number of nitrogens with one attached hydrogen (secondary N) is 2. The summed E-state index contributed by atoms with van der Waals surface area (Å²) in [6.45, 7) is 2.70. The van der Waals surface area contributed by atoms with Gasteiger partial charge in [0, 0.05) is 25.6 Å². The maximum Gasteiger partial charge on any atom is 0.243 e. The lowest BCUT2D eigenvalue weighted by atomic mass is 9.98. The normalized spacial score (nSPS) is 22.2. The summed E-state index contributed by atoms with van der Waals surface area (Å²) in [5, 5.41) is 18.1. The van der Waals surface area contributed by atoms with Crippen LogP contribution in [0.1, 0.15) is 62.1 Å². The van der Waals surface area contributed by atoms with Crippen molar-refractivity contribution in [2.45, 2.75) is 82.0 Å². The van der Waals surface area contributed by atoms with Gasteiger partial charge in [0.1, 0.15) is 6.04 Å². The zero-order valence-electron chi connectivity index (χ0n) is 24.5. The Bertz CT molecular complexity index is 1190. The highest BCUT2D eigenvalue weighted by molar-refractivity contribution is 7.98. The number of benzene rings is 2. The number of amides is 2. The second-order valence-electron chi connectivity index (χ2n) is 11.3. The van der Waals surface area contributed by atoms with Gasteiger partial charge in [-0.1, -0.05) is 37.3 Å². The van der Waals surface area contributed by atoms with Gasteiger partial charge in [-0.3, -0.25) is 9.59 Å². The summed E-state index contributed by atoms with van der Waals surface area (Å²) in [6, 6.07) is 12.0. The second-order valence-corrected chi connectivity index (χ2v) is 12.3. The van der Waals surface area contributed by atoms with E-state index in [9.17, 15) is 19.1 Å². The topological polar surface area (TPSA) is 90.9 Å². The quantitative estimate of drug-likeness (QED) is 0.409. The first-order chi connectivity index (χ1) is 19.8. The average Bonchev–Trinajstić information content (AvgIpc) is 3.77. The predicted molar refractivity (Wildman–Crippen MR) is 162 cm³/mol. The lowest BCUT2D eigenvalue weighted by Crippen LogP contribution is -2.55. The Balaban J connectivity index is 1.56. The van der Waals surface area contributed by atoms with Crippen LogP contribution in [0, 0.1) is 5.82 Å². The highest BCUT2D eigenvalue weighted by Crippen LogP contribution is 2.45. The Hall–Kier alpha value is -2.62. The third-order valence-corrected chi connectivity index (χ3v) is 8.98. The number of thioether (sulfide) groups is 1. The van der Waals surface area contributed by atoms with Gasteiger partial charge >= 0.3 is 0 Å². The molecule has 9 heteroatoms. The van der Waals surface area contributed by atoms with E-state index < -0.39 is 24.0 Å². The van der Waals surface area contributed by atoms with Crippen LogP contribution in [-0.2, 0) is 28.0 Å². The SMILES string of the molecule is CCc1cccc(C2(NC[C@@H](O)[C@@H]3Cc4ccc(c(F)c4)OCCCCC(=O)N(C)[C@@H](CCSC)C(=O)N3)CC2)c1. The molecule has 41 heavy (non-hydrogen) atoms. The molecule has 3 aliphatic rings. The first-order valence-electron chi connectivity index (χ1n) is 14.7. The minimum absolute atomic E-state index is 0.114. The third-order valence-electron chi connectivity index (χ3n) is 8.33. The van der Waals surface area contributed by atoms with E-state index in [0.29, 0.717) is 37.2 Å². The minimum Gasteiger partial charge on any atom is -0.491 e. The lowest BCUT2D eigenvalue weighted by Gasteiger charge is -2.32. The first kappa shape index (κ1) is 31.3. The van der Waals surface area contributed by atoms with Crippen LogP contribution in [0.2, 0.25) is 0 Å². The minimum atomic E-state index is -0.939. The highest BCUT2D eigenvalue weighted by atomic mass is 32.2. The Labute approximate surface area is 247 Å². The molecule has 3 atom stereocenters. The van der Waals surface area contributed by atoms with Crippen molar-refractivity contribution in [3.8, 4) is 5.75 Å². The van der Waals surface area contributed by atoms with Crippen LogP contribution < -0.4 is 15.4 Å². The van der Waals surface area contributed by atoms with E-state index >= 15 is 0 Å². The molecule has 2 bridgehead atoms. The summed E-state index contributed by atoms with van der Waals surface area (Å²) in [5.74, 6) is -0.0209. The number of carbonyl (C=O) groups is 2. The largest absolute Gasteiger partial charge is 0.491 e. The molecule has 1 saturated carbocycles. The number of halogens is 1. The van der Waals surface area contributed by atoms with E-state index in [1.54, 1.807) is 30.9 Å². The van der Waals surface area contributed by atoms with E-state index in [0.717, 1.165) is 19.3 Å². The van der Waals surface area contributed by atoms with Crippen LogP contribution in [0.25, 0.3) is 0 Å². The Morgan fingerprint density at radius 1 is 1.22 bits per heavy atom. The maximum absolute atomic E-state index is 14.9. The molecule has 0 unspecified atom stereocenters. The van der Waals surface area contributed by atoms with Crippen LogP contribution in [-0.4, -0.2) is 72.2 Å². The number of likely N-dealkylation sites (N-methyl/N-ethyl adjacent to an activating group) is 1. The second kappa shape index (κ2) is 14.5. The Kier molecular flexibility index (Phi) is 11.1. The van der Waals surface area contributed by atoms with Crippen LogP contribution in [0.3, 0.4) is 0 Å². The monoisotopic (exact) mass is 585 g/mol. The molecule has 0 saturated heterocycles. The van der Waals surface area contributed by atoms with Crippen molar-refractivity contribution in [2.24, 2.45) is 0 Å². The predicted octanol–water partition coefficient (Wildman–Crippen LogP) is 4.20. The molecule has 224 valence electrons. The zero-order valence-corrected chi connectivity index (χ0v) is 25.3. The van der Waals surface area contributed by atoms with Crippen molar-refractivity contribution >= 4 is 23.6 Å². The van der Waals surface area contributed by atoms with E-state index in [4.69, 9.17) is 4.74 Å². The number of ether oxygens (including phenoxy) is 1. The molecular weight excluding hydrogens is 541 g/mol. The molecular formula is C32H44FN3O4S. The van der Waals surface area contributed by atoms with Crippen LogP contribution in [0.15, 0.2) is 42.5 Å². The summed E-state index contributed by atoms with van der Waals surface area (Å²) in [5.41, 5.74) is 2.94. The zero-order chi connectivity index (χ0) is 29.4. The molecule has 0 radical (unpaired) electrons. The van der Waals surface area contributed by atoms with Gasteiger partial charge in [-0.15, -0.1) is 0 Å². The van der Waals surface area contributed by atoms with Crippen LogP contribution in [0.5, 0.6) is 5.75 Å². The fourth-order valence-corrected chi connectivity index (χ4v) is 5.93. The van der Waals surface area contributed by atoms with Gasteiger partial charge in [0.25, 0.3) is 0 Å². The van der Waals surface area contributed by atoms with Crippen LogP contribution >= 0.6 is 11.8 Å². The van der Waals surface area contributed by atoms with Crippen molar-refractivity contribution in [3.05, 3.63) is 65.0 Å². The van der Waals surface area contributed by atoms with E-state index in [1.165, 1.54) is 22.1 Å². The van der Waals surface area contributed by atoms with Crippen molar-refractivity contribution in [1.82, 2.24) is 15.5 Å². The number of fused-ring (bicyclic) bond motifs is 13. The fraction of sp³-hybridized carbons (Fsp3) is 0.562. The molecule has 7 nitrogen and oxygen atoms in total. The van der Waals surface area contributed by atoms with Gasteiger partial charge in [0.05, 0.1) is 18.8 Å². The average molecular weight is 586 g/mol. The molecule has 2 aromatic carbocycles. The summed E-state index contributed by atoms with van der Waals surface area (Å²) in [6.07, 6.45) is 6.12. The smallest absolute Gasteiger partial charge is 0.243 e. The lowest BCUT2D eigenvalue weighted by molar-refractivity contribution is -0.139. The van der Waals surface area contributed by atoms with Crippen molar-refractivity contribution in [2.75, 3.05) is 32.2 Å². The number of nitrogens with zero attached hydrogens (tertiary/aromatic N) is 1. The highest BCUT2D eigenvalue weighted by Gasteiger charge is 2.44. The molecule has 2 heterocycles. The molecule has 3 N–H and O–H groups in total. The number of aliphatic hydroxyl groups excluding tert-OH is 1. The number of hydrogen-bond donors (Lipinski definition) is 3. The number of rotatable bonds is 9. The van der Waals surface area contributed by atoms with E-state index in [1.807, 2.05) is 6.26 Å². The maximum atomic E-state index is 14.9. The molecule has 0 aromatic heterocycles. The van der Waals surface area contributed by atoms with Gasteiger partial charge in [-0.2, -0.15) is 11.8 Å². The van der Waals surface area contributed by atoms with Crippen molar-refractivity contribution in [1.29, 1.82) is 0 Å². The van der Waals surface area contributed by atoms with E-state index in [2.05, 4.69) is 41.8 Å². The number of aliphatic hydroxyl groups is 1. The molecule has 2 aromatic rings. The summed E-state index contributed by atoms with van der Waals surface area (Å²) < 4.78 is 20.5. The summed E-state index contributed by atoms with van der Waals surface area (Å²) in [7, 11) is 1.67. The van der Waals surface area contributed by atoms with Crippen molar-refractivity contribution < 1.29 is 23.8 Å². The number of carbonyl (C=O) groups excluding carboxylic acids is 2. The molecule has 1 aliphatic carbocycles. The fourth-order valence-electron chi connectivity index (χ4n) is 5.47. The number of aryl methyl sites for hydroxylation is 1. The molecule has 2 aliphatic heterocycles. The number of hydrogen-bond acceptors (Lipinski definition) is 6. The van der Waals surface area contributed by atoms with Gasteiger partial charge in [0.15, 0.2) is 11.6 Å². The Morgan fingerprint density at radius 3 is 2.73 bits per heavy atom. The van der Waals surface area contributed by atoms with E-state index in [-0.39, 0.29) is 42.5 Å². The van der Waals surface area contributed by atoms with Crippen LogP contribution in [0.4, 0.5) is 4.39 Å². The molecule has 2 amide bonds. The van der Waals surface area contributed by atoms with Gasteiger partial charge in [-0.05, 0) is 85.8 Å². The molecule has 5 rings (SSSR count).